The third-order valence-electron chi connectivity index (χ3n) is 3.85. The Morgan fingerprint density at radius 1 is 1.27 bits per heavy atom. The summed E-state index contributed by atoms with van der Waals surface area (Å²) in [7, 11) is 1.46. The molecule has 3 rings (SSSR count). The van der Waals surface area contributed by atoms with Crippen molar-refractivity contribution in [1.29, 1.82) is 0 Å². The number of rotatable bonds is 5. The lowest BCUT2D eigenvalue weighted by Crippen LogP contribution is -2.40. The number of carbonyl (C=O) groups is 1. The fourth-order valence-corrected chi connectivity index (χ4v) is 2.50. The van der Waals surface area contributed by atoms with Crippen molar-refractivity contribution < 1.29 is 19.0 Å². The van der Waals surface area contributed by atoms with Gasteiger partial charge in [0.25, 0.3) is 5.56 Å². The molecule has 0 saturated heterocycles. The summed E-state index contributed by atoms with van der Waals surface area (Å²) in [5.74, 6) is -1.28. The van der Waals surface area contributed by atoms with Gasteiger partial charge in [0.2, 0.25) is 0 Å². The molecule has 2 heterocycles. The molecule has 0 aliphatic rings. The summed E-state index contributed by atoms with van der Waals surface area (Å²) < 4.78 is 20.4. The fraction of sp³-hybridized carbons (Fsp3) is 0.176. The molecule has 1 N–H and O–H groups in total. The van der Waals surface area contributed by atoms with Crippen molar-refractivity contribution in [2.75, 3.05) is 6.61 Å². The van der Waals surface area contributed by atoms with E-state index in [0.29, 0.717) is 5.75 Å². The maximum atomic E-state index is 12.9. The predicted octanol–water partition coefficient (Wildman–Crippen LogP) is 1.01. The maximum Gasteiger partial charge on any atom is 0.354 e. The first-order valence-corrected chi connectivity index (χ1v) is 7.59. The van der Waals surface area contributed by atoms with E-state index >= 15 is 0 Å². The van der Waals surface area contributed by atoms with Crippen molar-refractivity contribution in [2.24, 2.45) is 7.05 Å². The average Bonchev–Trinajstić information content (AvgIpc) is 2.63. The van der Waals surface area contributed by atoms with Crippen LogP contribution in [0.25, 0.3) is 10.9 Å². The van der Waals surface area contributed by atoms with Gasteiger partial charge in [0.1, 0.15) is 23.9 Å². The lowest BCUT2D eigenvalue weighted by molar-refractivity contribution is 0.0690. The molecule has 0 spiro atoms. The minimum Gasteiger partial charge on any atom is -0.492 e. The van der Waals surface area contributed by atoms with E-state index in [1.54, 1.807) is 0 Å². The van der Waals surface area contributed by atoms with E-state index in [2.05, 4.69) is 4.98 Å². The first-order valence-electron chi connectivity index (χ1n) is 7.59. The van der Waals surface area contributed by atoms with Crippen molar-refractivity contribution in [3.05, 3.63) is 68.9 Å². The number of carboxylic acids is 1. The summed E-state index contributed by atoms with van der Waals surface area (Å²) in [4.78, 5) is 39.8. The highest BCUT2D eigenvalue weighted by Gasteiger charge is 2.14. The second-order valence-electron chi connectivity index (χ2n) is 5.49. The number of aromatic carboxylic acids is 1. The van der Waals surface area contributed by atoms with Gasteiger partial charge < -0.3 is 9.84 Å². The van der Waals surface area contributed by atoms with E-state index in [1.807, 2.05) is 0 Å². The highest BCUT2D eigenvalue weighted by molar-refractivity contribution is 5.90. The highest BCUT2D eigenvalue weighted by atomic mass is 19.1. The average molecular weight is 359 g/mol. The molecule has 8 nitrogen and oxygen atoms in total. The van der Waals surface area contributed by atoms with Gasteiger partial charge in [-0.25, -0.2) is 19.0 Å². The Kier molecular flexibility index (Phi) is 4.53. The number of hydrogen-bond donors (Lipinski definition) is 1. The van der Waals surface area contributed by atoms with Gasteiger partial charge in [-0.1, -0.05) is 0 Å². The topological polar surface area (TPSA) is 103 Å². The molecule has 0 unspecified atom stereocenters. The molecular formula is C17H14FN3O5. The number of benzene rings is 1. The quantitative estimate of drug-likeness (QED) is 0.729. The smallest absolute Gasteiger partial charge is 0.354 e. The van der Waals surface area contributed by atoms with Crippen LogP contribution in [0.3, 0.4) is 0 Å². The molecule has 9 heteroatoms. The number of pyridine rings is 1. The van der Waals surface area contributed by atoms with Gasteiger partial charge in [0.15, 0.2) is 0 Å². The monoisotopic (exact) mass is 359 g/mol. The number of fused-ring (bicyclic) bond motifs is 1. The van der Waals surface area contributed by atoms with Crippen LogP contribution >= 0.6 is 0 Å². The molecule has 1 aromatic carbocycles. The Balaban J connectivity index is 1.94. The summed E-state index contributed by atoms with van der Waals surface area (Å²) in [6.07, 6.45) is 1.18. The Hall–Kier alpha value is -3.49. The van der Waals surface area contributed by atoms with E-state index in [1.165, 1.54) is 42.1 Å². The largest absolute Gasteiger partial charge is 0.492 e. The molecule has 3 aromatic rings. The van der Waals surface area contributed by atoms with Gasteiger partial charge in [-0.3, -0.25) is 13.9 Å². The lowest BCUT2D eigenvalue weighted by atomic mass is 10.2. The number of aryl methyl sites for hydroxylation is 1. The van der Waals surface area contributed by atoms with E-state index in [4.69, 9.17) is 9.84 Å². The number of halogens is 1. The predicted molar refractivity (Wildman–Crippen MR) is 90.1 cm³/mol. The molecule has 0 bridgehead atoms. The second kappa shape index (κ2) is 6.79. The molecule has 0 aliphatic heterocycles. The summed E-state index contributed by atoms with van der Waals surface area (Å²) in [5, 5.41) is 9.10. The molecule has 0 fully saturated rings. The van der Waals surface area contributed by atoms with E-state index < -0.39 is 23.0 Å². The second-order valence-corrected chi connectivity index (χ2v) is 5.49. The van der Waals surface area contributed by atoms with Gasteiger partial charge >= 0.3 is 11.7 Å². The minimum absolute atomic E-state index is 0.00313. The third-order valence-corrected chi connectivity index (χ3v) is 3.85. The normalized spacial score (nSPS) is 10.8. The van der Waals surface area contributed by atoms with Crippen LogP contribution in [0.15, 0.2) is 46.1 Å². The van der Waals surface area contributed by atoms with Crippen LogP contribution in [0.2, 0.25) is 0 Å². The van der Waals surface area contributed by atoms with Crippen LogP contribution in [-0.2, 0) is 13.6 Å². The maximum absolute atomic E-state index is 12.9. The SMILES string of the molecule is Cn1c(=O)n(CCOc2ccc(F)cc2)c(=O)c2cc(C(=O)O)ncc21. The minimum atomic E-state index is -1.27. The van der Waals surface area contributed by atoms with Crippen LogP contribution in [0.4, 0.5) is 4.39 Å². The molecule has 0 amide bonds. The molecule has 2 aromatic heterocycles. The molecule has 26 heavy (non-hydrogen) atoms. The van der Waals surface area contributed by atoms with Gasteiger partial charge in [-0.15, -0.1) is 0 Å². The van der Waals surface area contributed by atoms with Crippen molar-refractivity contribution in [2.45, 2.75) is 6.54 Å². The van der Waals surface area contributed by atoms with Crippen molar-refractivity contribution in [3.63, 3.8) is 0 Å². The van der Waals surface area contributed by atoms with E-state index in [0.717, 1.165) is 10.6 Å². The van der Waals surface area contributed by atoms with Crippen LogP contribution < -0.4 is 16.0 Å². The van der Waals surface area contributed by atoms with Gasteiger partial charge in [0.05, 0.1) is 23.6 Å². The van der Waals surface area contributed by atoms with Gasteiger partial charge in [-0.05, 0) is 30.3 Å². The zero-order valence-corrected chi connectivity index (χ0v) is 13.7. The summed E-state index contributed by atoms with van der Waals surface area (Å²) >= 11 is 0. The Labute approximate surface area is 145 Å². The number of carboxylic acid groups (broad SMARTS) is 1. The standard InChI is InChI=1S/C17H14FN3O5/c1-20-14-9-19-13(16(23)24)8-12(14)15(22)21(17(20)25)6-7-26-11-4-2-10(18)3-5-11/h2-5,8-9H,6-7H2,1H3,(H,23,24). The molecule has 0 atom stereocenters. The van der Waals surface area contributed by atoms with Gasteiger partial charge in [0, 0.05) is 7.05 Å². The zero-order valence-electron chi connectivity index (χ0n) is 13.7. The molecular weight excluding hydrogens is 345 g/mol. The summed E-state index contributed by atoms with van der Waals surface area (Å²) in [6.45, 7) is -0.0489. The van der Waals surface area contributed by atoms with Crippen molar-refractivity contribution >= 4 is 16.9 Å². The van der Waals surface area contributed by atoms with Crippen LogP contribution in [0, 0.1) is 5.82 Å². The zero-order chi connectivity index (χ0) is 18.8. The molecule has 134 valence electrons. The Bertz CT molecular complexity index is 1100. The lowest BCUT2D eigenvalue weighted by Gasteiger charge is -2.11. The first-order chi connectivity index (χ1) is 12.4. The number of hydrogen-bond acceptors (Lipinski definition) is 5. The molecule has 0 aliphatic carbocycles. The van der Waals surface area contributed by atoms with Crippen LogP contribution in [-0.4, -0.2) is 31.8 Å². The number of aromatic nitrogens is 3. The summed E-state index contributed by atoms with van der Waals surface area (Å²) in [5.41, 5.74) is -1.26. The Morgan fingerprint density at radius 3 is 2.62 bits per heavy atom. The number of nitrogens with zero attached hydrogens (tertiary/aromatic N) is 3. The fourth-order valence-electron chi connectivity index (χ4n) is 2.50. The molecule has 0 saturated carbocycles. The third kappa shape index (κ3) is 3.18. The van der Waals surface area contributed by atoms with E-state index in [-0.39, 0.29) is 29.7 Å². The van der Waals surface area contributed by atoms with Gasteiger partial charge in [-0.2, -0.15) is 0 Å². The number of ether oxygens (including phenoxy) is 1. The molecule has 0 radical (unpaired) electrons. The van der Waals surface area contributed by atoms with E-state index in [9.17, 15) is 18.8 Å². The summed E-state index contributed by atoms with van der Waals surface area (Å²) in [6, 6.07) is 6.47. The highest BCUT2D eigenvalue weighted by Crippen LogP contribution is 2.11. The first kappa shape index (κ1) is 17.3. The van der Waals surface area contributed by atoms with Crippen molar-refractivity contribution in [3.8, 4) is 5.75 Å². The van der Waals surface area contributed by atoms with Crippen LogP contribution in [0.5, 0.6) is 5.75 Å². The van der Waals surface area contributed by atoms with Crippen molar-refractivity contribution in [1.82, 2.24) is 14.1 Å². The van der Waals surface area contributed by atoms with Crippen LogP contribution in [0.1, 0.15) is 10.5 Å². The Morgan fingerprint density at radius 2 is 1.96 bits per heavy atom.